The van der Waals surface area contributed by atoms with Crippen LogP contribution < -0.4 is 5.32 Å². The third kappa shape index (κ3) is 1.13. The van der Waals surface area contributed by atoms with Gasteiger partial charge in [0, 0.05) is 25.6 Å². The summed E-state index contributed by atoms with van der Waals surface area (Å²) < 4.78 is 2.89. The second-order valence-electron chi connectivity index (χ2n) is 2.32. The maximum atomic E-state index is 4.28. The Balaban J connectivity index is 2.80. The smallest absolute Gasteiger partial charge is 0.180 e. The zero-order valence-corrected chi connectivity index (χ0v) is 8.61. The van der Waals surface area contributed by atoms with Crippen LogP contribution in [0.3, 0.4) is 0 Å². The molecule has 0 atom stereocenters. The van der Waals surface area contributed by atoms with E-state index in [0.717, 1.165) is 15.2 Å². The molecule has 2 aromatic rings. The largest absolute Gasteiger partial charge is 0.370 e. The van der Waals surface area contributed by atoms with E-state index in [1.807, 2.05) is 23.8 Å². The minimum Gasteiger partial charge on any atom is -0.370 e. The van der Waals surface area contributed by atoms with Crippen LogP contribution in [0.2, 0.25) is 0 Å². The second kappa shape index (κ2) is 2.89. The van der Waals surface area contributed by atoms with Crippen LogP contribution in [0.1, 0.15) is 0 Å². The Labute approximate surface area is 83.2 Å². The van der Waals surface area contributed by atoms with Gasteiger partial charge < -0.3 is 9.72 Å². The lowest BCUT2D eigenvalue weighted by Crippen LogP contribution is -1.98. The van der Waals surface area contributed by atoms with Crippen LogP contribution in [0, 0.1) is 3.70 Å². The molecule has 0 aromatic carbocycles. The van der Waals surface area contributed by atoms with E-state index in [4.69, 9.17) is 0 Å². The lowest BCUT2D eigenvalue weighted by Gasteiger charge is -2.01. The van der Waals surface area contributed by atoms with Crippen LogP contribution in [0.5, 0.6) is 0 Å². The van der Waals surface area contributed by atoms with E-state index >= 15 is 0 Å². The van der Waals surface area contributed by atoms with Crippen LogP contribution in [-0.2, 0) is 0 Å². The molecule has 0 fully saturated rings. The summed E-state index contributed by atoms with van der Waals surface area (Å²) in [5, 5.41) is 3.00. The van der Waals surface area contributed by atoms with Gasteiger partial charge >= 0.3 is 0 Å². The van der Waals surface area contributed by atoms with Gasteiger partial charge in [-0.25, -0.2) is 9.97 Å². The van der Waals surface area contributed by atoms with Crippen molar-refractivity contribution in [2.45, 2.75) is 0 Å². The first kappa shape index (κ1) is 7.78. The number of imidazole rings is 1. The molecule has 2 rings (SSSR count). The number of hydrogen-bond donors (Lipinski definition) is 1. The Morgan fingerprint density at radius 3 is 3.17 bits per heavy atom. The quantitative estimate of drug-likeness (QED) is 0.799. The fourth-order valence-electron chi connectivity index (χ4n) is 1.07. The molecular weight excluding hydrogens is 267 g/mol. The van der Waals surface area contributed by atoms with Gasteiger partial charge in [-0.15, -0.1) is 0 Å². The van der Waals surface area contributed by atoms with Gasteiger partial charge in [0.2, 0.25) is 0 Å². The Bertz CT molecular complexity index is 409. The van der Waals surface area contributed by atoms with Crippen LogP contribution >= 0.6 is 22.6 Å². The topological polar surface area (TPSA) is 42.2 Å². The van der Waals surface area contributed by atoms with Crippen molar-refractivity contribution in [1.82, 2.24) is 14.4 Å². The molecule has 62 valence electrons. The average molecular weight is 274 g/mol. The van der Waals surface area contributed by atoms with E-state index in [0.29, 0.717) is 0 Å². The Hall–Kier alpha value is -0.850. The number of hydrogen-bond acceptors (Lipinski definition) is 3. The van der Waals surface area contributed by atoms with Crippen molar-refractivity contribution in [2.24, 2.45) is 0 Å². The van der Waals surface area contributed by atoms with Gasteiger partial charge in [-0.3, -0.25) is 0 Å². The number of nitrogens with one attached hydrogen (secondary N) is 1. The van der Waals surface area contributed by atoms with Crippen LogP contribution in [0.25, 0.3) is 5.65 Å². The number of halogens is 1. The number of nitrogens with zero attached hydrogens (tertiary/aromatic N) is 3. The molecule has 0 aliphatic heterocycles. The third-order valence-electron chi connectivity index (χ3n) is 1.58. The lowest BCUT2D eigenvalue weighted by molar-refractivity contribution is 1.10. The minimum absolute atomic E-state index is 0.812. The van der Waals surface area contributed by atoms with Gasteiger partial charge in [-0.2, -0.15) is 0 Å². The summed E-state index contributed by atoms with van der Waals surface area (Å²) in [6.07, 6.45) is 5.59. The first-order valence-electron chi connectivity index (χ1n) is 3.48. The minimum atomic E-state index is 0.812. The predicted molar refractivity (Wildman–Crippen MR) is 55.3 cm³/mol. The molecule has 0 unspecified atom stereocenters. The molecule has 0 amide bonds. The van der Waals surface area contributed by atoms with Gasteiger partial charge in [0.15, 0.2) is 11.5 Å². The molecule has 4 nitrogen and oxygen atoms in total. The molecule has 5 heteroatoms. The van der Waals surface area contributed by atoms with Crippen LogP contribution in [0.4, 0.5) is 5.82 Å². The Morgan fingerprint density at radius 2 is 2.42 bits per heavy atom. The summed E-state index contributed by atoms with van der Waals surface area (Å²) in [5.74, 6) is 0.812. The molecule has 0 bridgehead atoms. The molecule has 0 radical (unpaired) electrons. The monoisotopic (exact) mass is 274 g/mol. The van der Waals surface area contributed by atoms with Gasteiger partial charge in [-0.1, -0.05) is 0 Å². The summed E-state index contributed by atoms with van der Waals surface area (Å²) in [6, 6.07) is 0. The van der Waals surface area contributed by atoms with E-state index in [9.17, 15) is 0 Å². The zero-order chi connectivity index (χ0) is 8.55. The first-order valence-corrected chi connectivity index (χ1v) is 4.56. The normalized spacial score (nSPS) is 10.5. The lowest BCUT2D eigenvalue weighted by atomic mass is 10.6. The summed E-state index contributed by atoms with van der Waals surface area (Å²) in [4.78, 5) is 8.45. The highest BCUT2D eigenvalue weighted by molar-refractivity contribution is 14.1. The number of anilines is 1. The fourth-order valence-corrected chi connectivity index (χ4v) is 1.61. The molecule has 0 saturated heterocycles. The molecule has 0 aliphatic rings. The number of fused-ring (bicyclic) bond motifs is 1. The van der Waals surface area contributed by atoms with Crippen LogP contribution in [0.15, 0.2) is 18.6 Å². The zero-order valence-electron chi connectivity index (χ0n) is 6.45. The molecule has 12 heavy (non-hydrogen) atoms. The van der Waals surface area contributed by atoms with Gasteiger partial charge in [-0.05, 0) is 22.6 Å². The van der Waals surface area contributed by atoms with Crippen molar-refractivity contribution in [2.75, 3.05) is 12.4 Å². The molecule has 0 spiro atoms. The third-order valence-corrected chi connectivity index (χ3v) is 2.10. The van der Waals surface area contributed by atoms with Crippen LogP contribution in [-0.4, -0.2) is 21.4 Å². The van der Waals surface area contributed by atoms with Gasteiger partial charge in [0.1, 0.15) is 3.70 Å². The van der Waals surface area contributed by atoms with Crippen molar-refractivity contribution in [3.8, 4) is 0 Å². The highest BCUT2D eigenvalue weighted by Crippen LogP contribution is 2.13. The SMILES string of the molecule is CNc1nc(I)cn2ccnc12. The maximum absolute atomic E-state index is 4.28. The first-order chi connectivity index (χ1) is 5.81. The molecule has 2 aromatic heterocycles. The molecule has 0 saturated carbocycles. The molecular formula is C7H7IN4. The highest BCUT2D eigenvalue weighted by Gasteiger charge is 2.02. The van der Waals surface area contributed by atoms with Crippen molar-refractivity contribution in [3.63, 3.8) is 0 Å². The van der Waals surface area contributed by atoms with Crippen molar-refractivity contribution < 1.29 is 0 Å². The van der Waals surface area contributed by atoms with Gasteiger partial charge in [0.25, 0.3) is 0 Å². The van der Waals surface area contributed by atoms with E-state index < -0.39 is 0 Å². The number of rotatable bonds is 1. The Morgan fingerprint density at radius 1 is 1.58 bits per heavy atom. The molecule has 2 heterocycles. The summed E-state index contributed by atoms with van der Waals surface area (Å²) >= 11 is 2.17. The Kier molecular flexibility index (Phi) is 1.87. The summed E-state index contributed by atoms with van der Waals surface area (Å²) in [7, 11) is 1.84. The van der Waals surface area contributed by atoms with E-state index in [-0.39, 0.29) is 0 Å². The van der Waals surface area contributed by atoms with E-state index in [1.54, 1.807) is 6.20 Å². The van der Waals surface area contributed by atoms with E-state index in [2.05, 4.69) is 37.9 Å². The fraction of sp³-hybridized carbons (Fsp3) is 0.143. The average Bonchev–Trinajstić information content (AvgIpc) is 2.50. The number of aromatic nitrogens is 3. The second-order valence-corrected chi connectivity index (χ2v) is 3.43. The standard InChI is InChI=1S/C7H7IN4/c1-9-6-7-10-2-3-12(7)4-5(8)11-6/h2-4H,1H3,(H,9,11). The van der Waals surface area contributed by atoms with Gasteiger partial charge in [0.05, 0.1) is 0 Å². The predicted octanol–water partition coefficient (Wildman–Crippen LogP) is 1.38. The van der Waals surface area contributed by atoms with Crippen molar-refractivity contribution >= 4 is 34.1 Å². The molecule has 1 N–H and O–H groups in total. The highest BCUT2D eigenvalue weighted by atomic mass is 127. The summed E-state index contributed by atoms with van der Waals surface area (Å²) in [6.45, 7) is 0. The van der Waals surface area contributed by atoms with E-state index in [1.165, 1.54) is 0 Å². The van der Waals surface area contributed by atoms with Crippen molar-refractivity contribution in [1.29, 1.82) is 0 Å². The molecule has 0 aliphatic carbocycles. The summed E-state index contributed by atoms with van der Waals surface area (Å²) in [5.41, 5.74) is 0.859. The van der Waals surface area contributed by atoms with Crippen molar-refractivity contribution in [3.05, 3.63) is 22.3 Å². The maximum Gasteiger partial charge on any atom is 0.180 e.